The molecular weight excluding hydrogens is 438 g/mol. The second-order valence-electron chi connectivity index (χ2n) is 6.79. The van der Waals surface area contributed by atoms with Gasteiger partial charge in [-0.1, -0.05) is 29.8 Å². The molecule has 1 amide bonds. The maximum Gasteiger partial charge on any atom is 0.271 e. The van der Waals surface area contributed by atoms with E-state index in [0.717, 1.165) is 12.1 Å². The van der Waals surface area contributed by atoms with Crippen molar-refractivity contribution in [1.82, 2.24) is 14.7 Å². The van der Waals surface area contributed by atoms with Gasteiger partial charge in [-0.15, -0.1) is 0 Å². The first-order chi connectivity index (χ1) is 15.5. The number of hydrogen-bond acceptors (Lipinski definition) is 4. The molecule has 0 bridgehead atoms. The van der Waals surface area contributed by atoms with Gasteiger partial charge in [0.2, 0.25) is 0 Å². The average molecular weight is 453 g/mol. The Hall–Kier alpha value is -3.96. The van der Waals surface area contributed by atoms with Gasteiger partial charge < -0.3 is 10.1 Å². The van der Waals surface area contributed by atoms with Crippen LogP contribution in [-0.2, 0) is 6.61 Å². The van der Waals surface area contributed by atoms with E-state index in [4.69, 9.17) is 16.3 Å². The van der Waals surface area contributed by atoms with Gasteiger partial charge in [-0.25, -0.2) is 13.8 Å². The Morgan fingerprint density at radius 3 is 2.56 bits per heavy atom. The smallest absolute Gasteiger partial charge is 0.271 e. The molecule has 160 valence electrons. The van der Waals surface area contributed by atoms with E-state index in [0.29, 0.717) is 10.6 Å². The molecule has 1 N–H and O–H groups in total. The number of benzene rings is 2. The van der Waals surface area contributed by atoms with Crippen LogP contribution in [0.25, 0.3) is 5.65 Å². The zero-order valence-corrected chi connectivity index (χ0v) is 17.2. The maximum atomic E-state index is 13.9. The van der Waals surface area contributed by atoms with E-state index in [2.05, 4.69) is 10.3 Å². The molecule has 0 spiro atoms. The Labute approximate surface area is 186 Å². The third kappa shape index (κ3) is 4.24. The van der Waals surface area contributed by atoms with Gasteiger partial charge in [0.1, 0.15) is 30.0 Å². The van der Waals surface area contributed by atoms with Crippen LogP contribution in [0, 0.1) is 23.0 Å². The molecule has 2 heterocycles. The van der Waals surface area contributed by atoms with Crippen molar-refractivity contribution in [2.45, 2.75) is 12.6 Å². The van der Waals surface area contributed by atoms with Crippen LogP contribution in [0.4, 0.5) is 8.78 Å². The first kappa shape index (κ1) is 21.3. The van der Waals surface area contributed by atoms with Crippen LogP contribution >= 0.6 is 11.6 Å². The third-order valence-electron chi connectivity index (χ3n) is 4.77. The van der Waals surface area contributed by atoms with Gasteiger partial charge in [0.25, 0.3) is 5.91 Å². The predicted molar refractivity (Wildman–Crippen MR) is 113 cm³/mol. The minimum absolute atomic E-state index is 0.164. The van der Waals surface area contributed by atoms with Crippen LogP contribution in [0.5, 0.6) is 5.75 Å². The monoisotopic (exact) mass is 452 g/mol. The summed E-state index contributed by atoms with van der Waals surface area (Å²) in [6, 6.07) is 14.5. The molecule has 6 nitrogen and oxygen atoms in total. The lowest BCUT2D eigenvalue weighted by atomic mass is 10.1. The summed E-state index contributed by atoms with van der Waals surface area (Å²) >= 11 is 5.87. The fourth-order valence-corrected chi connectivity index (χ4v) is 3.26. The lowest BCUT2D eigenvalue weighted by Crippen LogP contribution is -2.28. The quantitative estimate of drug-likeness (QED) is 0.454. The SMILES string of the molecule is N#CC(NC(=O)c1cnc2c(OCc3c(F)cccc3F)cccn12)c1ccc(Cl)cc1. The van der Waals surface area contributed by atoms with E-state index in [1.54, 1.807) is 42.6 Å². The third-order valence-corrected chi connectivity index (χ3v) is 5.03. The van der Waals surface area contributed by atoms with E-state index in [1.165, 1.54) is 16.7 Å². The normalized spacial score (nSPS) is 11.7. The van der Waals surface area contributed by atoms with Crippen LogP contribution in [0.3, 0.4) is 0 Å². The molecule has 0 saturated carbocycles. The number of ether oxygens (including phenoxy) is 1. The summed E-state index contributed by atoms with van der Waals surface area (Å²) in [5, 5.41) is 12.6. The highest BCUT2D eigenvalue weighted by Crippen LogP contribution is 2.23. The van der Waals surface area contributed by atoms with E-state index in [-0.39, 0.29) is 29.3 Å². The second-order valence-corrected chi connectivity index (χ2v) is 7.22. The zero-order valence-electron chi connectivity index (χ0n) is 16.4. The number of rotatable bonds is 6. The molecule has 2 aromatic heterocycles. The topological polar surface area (TPSA) is 79.4 Å². The summed E-state index contributed by atoms with van der Waals surface area (Å²) in [7, 11) is 0. The van der Waals surface area contributed by atoms with Crippen molar-refractivity contribution in [2.24, 2.45) is 0 Å². The number of carbonyl (C=O) groups is 1. The molecule has 1 atom stereocenters. The number of carbonyl (C=O) groups excluding carboxylic acids is 1. The number of nitrogens with one attached hydrogen (secondary N) is 1. The summed E-state index contributed by atoms with van der Waals surface area (Å²) < 4.78 is 34.8. The summed E-state index contributed by atoms with van der Waals surface area (Å²) in [6.07, 6.45) is 2.93. The van der Waals surface area contributed by atoms with Crippen LogP contribution < -0.4 is 10.1 Å². The van der Waals surface area contributed by atoms with Crippen molar-refractivity contribution >= 4 is 23.2 Å². The van der Waals surface area contributed by atoms with Gasteiger partial charge in [0, 0.05) is 11.2 Å². The molecule has 9 heteroatoms. The molecule has 2 aromatic carbocycles. The van der Waals surface area contributed by atoms with Gasteiger partial charge in [-0.3, -0.25) is 9.20 Å². The van der Waals surface area contributed by atoms with Crippen LogP contribution in [0.15, 0.2) is 67.0 Å². The second kappa shape index (κ2) is 9.04. The summed E-state index contributed by atoms with van der Waals surface area (Å²) in [6.45, 7) is -0.348. The predicted octanol–water partition coefficient (Wildman–Crippen LogP) is 4.84. The molecule has 0 radical (unpaired) electrons. The number of aromatic nitrogens is 2. The molecule has 4 rings (SSSR count). The fourth-order valence-electron chi connectivity index (χ4n) is 3.14. The first-order valence-electron chi connectivity index (χ1n) is 9.45. The fraction of sp³-hybridized carbons (Fsp3) is 0.0870. The highest BCUT2D eigenvalue weighted by Gasteiger charge is 2.20. The van der Waals surface area contributed by atoms with Gasteiger partial charge in [0.15, 0.2) is 11.4 Å². The minimum atomic E-state index is -0.895. The van der Waals surface area contributed by atoms with Gasteiger partial charge in [-0.2, -0.15) is 5.26 Å². The van der Waals surface area contributed by atoms with Gasteiger partial charge in [0.05, 0.1) is 17.8 Å². The van der Waals surface area contributed by atoms with E-state index in [1.807, 2.05) is 6.07 Å². The Bertz CT molecular complexity index is 1310. The summed E-state index contributed by atoms with van der Waals surface area (Å²) in [5.41, 5.74) is 0.819. The molecule has 0 aliphatic carbocycles. The zero-order chi connectivity index (χ0) is 22.7. The van der Waals surface area contributed by atoms with E-state index >= 15 is 0 Å². The highest BCUT2D eigenvalue weighted by atomic mass is 35.5. The van der Waals surface area contributed by atoms with Crippen molar-refractivity contribution in [3.05, 3.63) is 100 Å². The number of nitriles is 1. The molecule has 32 heavy (non-hydrogen) atoms. The van der Waals surface area contributed by atoms with E-state index < -0.39 is 23.6 Å². The Kier molecular flexibility index (Phi) is 6.01. The molecule has 0 saturated heterocycles. The number of amides is 1. The van der Waals surface area contributed by atoms with E-state index in [9.17, 15) is 18.8 Å². The number of hydrogen-bond donors (Lipinski definition) is 1. The highest BCUT2D eigenvalue weighted by molar-refractivity contribution is 6.30. The lowest BCUT2D eigenvalue weighted by Gasteiger charge is -2.12. The minimum Gasteiger partial charge on any atom is -0.485 e. The number of imidazole rings is 1. The number of halogens is 3. The molecule has 4 aromatic rings. The van der Waals surface area contributed by atoms with Crippen molar-refractivity contribution in [2.75, 3.05) is 0 Å². The molecular formula is C23H15ClF2N4O2. The number of pyridine rings is 1. The van der Waals surface area contributed by atoms with Crippen molar-refractivity contribution < 1.29 is 18.3 Å². The van der Waals surface area contributed by atoms with Crippen molar-refractivity contribution in [1.29, 1.82) is 5.26 Å². The molecule has 0 fully saturated rings. The Morgan fingerprint density at radius 1 is 1.16 bits per heavy atom. The van der Waals surface area contributed by atoms with Gasteiger partial charge >= 0.3 is 0 Å². The molecule has 0 aliphatic heterocycles. The van der Waals surface area contributed by atoms with Crippen LogP contribution in [-0.4, -0.2) is 15.3 Å². The van der Waals surface area contributed by atoms with Crippen LogP contribution in [0.1, 0.15) is 27.7 Å². The Morgan fingerprint density at radius 2 is 1.88 bits per heavy atom. The summed E-state index contributed by atoms with van der Waals surface area (Å²) in [4.78, 5) is 17.0. The van der Waals surface area contributed by atoms with Gasteiger partial charge in [-0.05, 0) is 42.0 Å². The van der Waals surface area contributed by atoms with Crippen molar-refractivity contribution in [3.63, 3.8) is 0 Å². The maximum absolute atomic E-state index is 13.9. The first-order valence-corrected chi connectivity index (χ1v) is 9.83. The number of fused-ring (bicyclic) bond motifs is 1. The molecule has 0 aliphatic rings. The number of nitrogens with zero attached hydrogens (tertiary/aromatic N) is 3. The Balaban J connectivity index is 1.56. The van der Waals surface area contributed by atoms with Crippen LogP contribution in [0.2, 0.25) is 5.02 Å². The summed E-state index contributed by atoms with van der Waals surface area (Å²) in [5.74, 6) is -1.73. The average Bonchev–Trinajstić information content (AvgIpc) is 3.23. The lowest BCUT2D eigenvalue weighted by molar-refractivity contribution is 0.0939. The van der Waals surface area contributed by atoms with Crippen molar-refractivity contribution in [3.8, 4) is 11.8 Å². The molecule has 1 unspecified atom stereocenters. The standard InChI is InChI=1S/C23H15ClF2N4O2/c24-15-8-6-14(7-9-15)19(11-27)29-23(31)20-12-28-22-21(5-2-10-30(20)22)32-13-16-17(25)3-1-4-18(16)26/h1-10,12,19H,13H2,(H,29,31). The largest absolute Gasteiger partial charge is 0.485 e.